The van der Waals surface area contributed by atoms with E-state index in [-0.39, 0.29) is 27.9 Å². The van der Waals surface area contributed by atoms with Crippen molar-refractivity contribution in [3.8, 4) is 0 Å². The quantitative estimate of drug-likeness (QED) is 0.0320. The molecule has 4 rings (SSSR count). The van der Waals surface area contributed by atoms with Crippen LogP contribution in [0.5, 0.6) is 0 Å². The topological polar surface area (TPSA) is 107 Å². The van der Waals surface area contributed by atoms with Crippen molar-refractivity contribution in [2.24, 2.45) is 5.16 Å². The fraction of sp³-hybridized carbons (Fsp3) is 0.194. The zero-order valence-corrected chi connectivity index (χ0v) is 26.9. The molecule has 4 aromatic carbocycles. The average molecular weight is 640 g/mol. The predicted molar refractivity (Wildman–Crippen MR) is 178 cm³/mol. The van der Waals surface area contributed by atoms with Crippen molar-refractivity contribution in [2.45, 2.75) is 55.7 Å². The highest BCUT2D eigenvalue weighted by Crippen LogP contribution is 2.51. The summed E-state index contributed by atoms with van der Waals surface area (Å²) in [5.41, 5.74) is -0.386. The molecule has 230 valence electrons. The number of ketones is 1. The number of hydrogen-bond acceptors (Lipinski definition) is 8. The van der Waals surface area contributed by atoms with E-state index >= 15 is 0 Å². The third-order valence-electron chi connectivity index (χ3n) is 6.98. The molecule has 0 fully saturated rings. The molecular formula is C36H34NO6PS. The van der Waals surface area contributed by atoms with Crippen LogP contribution in [-0.4, -0.2) is 28.5 Å². The summed E-state index contributed by atoms with van der Waals surface area (Å²) in [7, 11) is -4.18. The number of unbranched alkanes of at least 4 members (excludes halogenated alkanes) is 3. The number of rotatable bonds is 15. The van der Waals surface area contributed by atoms with Gasteiger partial charge in [0, 0.05) is 38.7 Å². The molecule has 0 aliphatic heterocycles. The molecule has 0 aliphatic carbocycles. The van der Waals surface area contributed by atoms with Gasteiger partial charge in [-0.05, 0) is 61.4 Å². The summed E-state index contributed by atoms with van der Waals surface area (Å²) >= 11 is 1.42. The maximum absolute atomic E-state index is 14.3. The van der Waals surface area contributed by atoms with Crippen LogP contribution in [0.2, 0.25) is 0 Å². The molecular weight excluding hydrogens is 605 g/mol. The Hall–Kier alpha value is -4.39. The lowest BCUT2D eigenvalue weighted by atomic mass is 10.0. The largest absolute Gasteiger partial charge is 0.331 e. The second-order valence-corrected chi connectivity index (χ2v) is 14.0. The summed E-state index contributed by atoms with van der Waals surface area (Å²) in [6.07, 6.45) is 4.25. The Labute approximate surface area is 267 Å². The predicted octanol–water partition coefficient (Wildman–Crippen LogP) is 8.58. The Balaban J connectivity index is 1.50. The molecule has 4 aromatic rings. The van der Waals surface area contributed by atoms with Gasteiger partial charge in [-0.15, -0.1) is 0 Å². The molecule has 1 atom stereocenters. The van der Waals surface area contributed by atoms with Gasteiger partial charge in [-0.1, -0.05) is 104 Å². The van der Waals surface area contributed by atoms with Crippen LogP contribution >= 0.6 is 18.9 Å². The summed E-state index contributed by atoms with van der Waals surface area (Å²) in [6, 6.07) is 30.0. The SMILES string of the molecule is CCCCCC/C(=N\OC(C)=O)C(=O)c1ccc(Sc2ccc(C(=O)P(=O)(C(=O)c3ccccc3)c3ccccc3)cc2)cc1. The van der Waals surface area contributed by atoms with E-state index in [9.17, 15) is 23.7 Å². The first-order valence-corrected chi connectivity index (χ1v) is 17.2. The molecule has 0 saturated carbocycles. The van der Waals surface area contributed by atoms with Crippen molar-refractivity contribution < 1.29 is 28.6 Å². The molecule has 0 N–H and O–H groups in total. The van der Waals surface area contributed by atoms with Gasteiger partial charge in [0.15, 0.2) is 0 Å². The Morgan fingerprint density at radius 3 is 1.71 bits per heavy atom. The van der Waals surface area contributed by atoms with E-state index in [4.69, 9.17) is 4.84 Å². The van der Waals surface area contributed by atoms with Gasteiger partial charge in [0.05, 0.1) is 0 Å². The standard InChI is InChI=1S/C36H34NO6PS/c1-3-4-5-12-17-33(37-43-26(2)38)34(39)27-18-22-31(23-19-27)45-32-24-20-29(21-25-32)36(41)44(42,30-15-10-7-11-16-30)35(40)28-13-8-6-9-14-28/h6-11,13-16,18-25H,3-5,12,17H2,1-2H3/b37-33+. The second-order valence-electron chi connectivity index (χ2n) is 10.3. The molecule has 0 aliphatic rings. The van der Waals surface area contributed by atoms with Crippen LogP contribution in [0.3, 0.4) is 0 Å². The number of carbonyl (C=O) groups is 4. The minimum atomic E-state index is -4.18. The lowest BCUT2D eigenvalue weighted by Gasteiger charge is -2.17. The highest BCUT2D eigenvalue weighted by atomic mass is 32.2. The van der Waals surface area contributed by atoms with Crippen molar-refractivity contribution >= 4 is 52.7 Å². The third kappa shape index (κ3) is 8.62. The van der Waals surface area contributed by atoms with Gasteiger partial charge in [0.2, 0.25) is 24.0 Å². The minimum absolute atomic E-state index is 0.176. The van der Waals surface area contributed by atoms with Crippen molar-refractivity contribution in [3.05, 3.63) is 126 Å². The highest BCUT2D eigenvalue weighted by Gasteiger charge is 2.42. The number of benzene rings is 4. The lowest BCUT2D eigenvalue weighted by molar-refractivity contribution is -0.140. The minimum Gasteiger partial charge on any atom is -0.318 e. The molecule has 0 saturated heterocycles. The van der Waals surface area contributed by atoms with E-state index in [1.54, 1.807) is 109 Å². The molecule has 1 unspecified atom stereocenters. The van der Waals surface area contributed by atoms with Crippen LogP contribution in [-0.2, 0) is 14.2 Å². The molecule has 0 heterocycles. The average Bonchev–Trinajstić information content (AvgIpc) is 3.08. The van der Waals surface area contributed by atoms with Crippen LogP contribution in [0.25, 0.3) is 0 Å². The maximum Gasteiger partial charge on any atom is 0.331 e. The molecule has 0 bridgehead atoms. The van der Waals surface area contributed by atoms with Gasteiger partial charge in [0.25, 0.3) is 0 Å². The zero-order chi connectivity index (χ0) is 32.2. The van der Waals surface area contributed by atoms with E-state index in [2.05, 4.69) is 12.1 Å². The summed E-state index contributed by atoms with van der Waals surface area (Å²) in [4.78, 5) is 58.1. The van der Waals surface area contributed by atoms with E-state index in [1.165, 1.54) is 18.7 Å². The van der Waals surface area contributed by atoms with E-state index < -0.39 is 24.2 Å². The molecule has 45 heavy (non-hydrogen) atoms. The van der Waals surface area contributed by atoms with Crippen molar-refractivity contribution in [2.75, 3.05) is 0 Å². The van der Waals surface area contributed by atoms with Gasteiger partial charge in [-0.25, -0.2) is 4.79 Å². The second kappa shape index (κ2) is 16.1. The van der Waals surface area contributed by atoms with Crippen LogP contribution in [0.15, 0.2) is 124 Å². The number of hydrogen-bond donors (Lipinski definition) is 0. The monoisotopic (exact) mass is 639 g/mol. The van der Waals surface area contributed by atoms with Crippen molar-refractivity contribution in [1.82, 2.24) is 0 Å². The number of nitrogens with zero attached hydrogens (tertiary/aromatic N) is 1. The van der Waals surface area contributed by atoms with E-state index in [0.717, 1.165) is 35.5 Å². The van der Waals surface area contributed by atoms with Gasteiger partial charge in [0.1, 0.15) is 5.71 Å². The smallest absolute Gasteiger partial charge is 0.318 e. The fourth-order valence-corrected chi connectivity index (χ4v) is 7.68. The van der Waals surface area contributed by atoms with Gasteiger partial charge < -0.3 is 9.40 Å². The first-order chi connectivity index (χ1) is 21.7. The molecule has 0 aromatic heterocycles. The van der Waals surface area contributed by atoms with Crippen LogP contribution < -0.4 is 5.30 Å². The summed E-state index contributed by atoms with van der Waals surface area (Å²) in [6.45, 7) is 3.34. The van der Waals surface area contributed by atoms with Crippen LogP contribution in [0.4, 0.5) is 0 Å². The van der Waals surface area contributed by atoms with Crippen LogP contribution in [0.1, 0.15) is 77.0 Å². The Kier molecular flexibility index (Phi) is 12.0. The summed E-state index contributed by atoms with van der Waals surface area (Å²) in [5, 5.41) is 4.01. The van der Waals surface area contributed by atoms with Gasteiger partial charge in [-0.2, -0.15) is 0 Å². The molecule has 0 radical (unpaired) electrons. The molecule has 0 spiro atoms. The highest BCUT2D eigenvalue weighted by molar-refractivity contribution is 8.01. The normalized spacial score (nSPS) is 12.6. The maximum atomic E-state index is 14.3. The third-order valence-corrected chi connectivity index (χ3v) is 10.7. The lowest BCUT2D eigenvalue weighted by Crippen LogP contribution is -2.20. The zero-order valence-electron chi connectivity index (χ0n) is 25.2. The molecule has 7 nitrogen and oxygen atoms in total. The number of carbonyl (C=O) groups excluding carboxylic acids is 4. The van der Waals surface area contributed by atoms with E-state index in [1.807, 2.05) is 0 Å². The van der Waals surface area contributed by atoms with Gasteiger partial charge >= 0.3 is 5.97 Å². The molecule has 0 amide bonds. The Bertz CT molecular complexity index is 1720. The molecule has 9 heteroatoms. The van der Waals surface area contributed by atoms with E-state index in [0.29, 0.717) is 12.0 Å². The summed E-state index contributed by atoms with van der Waals surface area (Å²) < 4.78 is 14.3. The first kappa shape index (κ1) is 33.5. The summed E-state index contributed by atoms with van der Waals surface area (Å²) in [5.74, 6) is -0.876. The Morgan fingerprint density at radius 2 is 1.18 bits per heavy atom. The first-order valence-electron chi connectivity index (χ1n) is 14.7. The van der Waals surface area contributed by atoms with Crippen molar-refractivity contribution in [1.29, 1.82) is 0 Å². The van der Waals surface area contributed by atoms with Crippen LogP contribution in [0, 0.1) is 0 Å². The Morgan fingerprint density at radius 1 is 0.667 bits per heavy atom. The van der Waals surface area contributed by atoms with Gasteiger partial charge in [-0.3, -0.25) is 14.4 Å². The fourth-order valence-electron chi connectivity index (χ4n) is 4.59. The number of Topliss-reactive ketones (excluding diaryl/α,β-unsaturated/α-hetero) is 1. The number of oxime groups is 1. The van der Waals surface area contributed by atoms with Crippen molar-refractivity contribution in [3.63, 3.8) is 0 Å².